The summed E-state index contributed by atoms with van der Waals surface area (Å²) >= 11 is 0. The number of hydrogen-bond donors (Lipinski definition) is 3. The van der Waals surface area contributed by atoms with Gasteiger partial charge in [0.15, 0.2) is 0 Å². The Labute approximate surface area is 109 Å². The van der Waals surface area contributed by atoms with E-state index in [1.165, 1.54) is 0 Å². The Kier molecular flexibility index (Phi) is 7.23. The van der Waals surface area contributed by atoms with E-state index in [0.29, 0.717) is 19.8 Å². The van der Waals surface area contributed by atoms with Gasteiger partial charge in [-0.05, 0) is 32.2 Å². The Morgan fingerprint density at radius 1 is 1.50 bits per heavy atom. The van der Waals surface area contributed by atoms with Gasteiger partial charge in [0.1, 0.15) is 0 Å². The number of rotatable bonds is 8. The number of piperidine rings is 1. The highest BCUT2D eigenvalue weighted by molar-refractivity contribution is 5.82. The first-order valence-corrected chi connectivity index (χ1v) is 6.93. The summed E-state index contributed by atoms with van der Waals surface area (Å²) in [5, 5.41) is 14.9. The fourth-order valence-electron chi connectivity index (χ4n) is 2.35. The van der Waals surface area contributed by atoms with Crippen molar-refractivity contribution >= 4 is 5.91 Å². The zero-order valence-electron chi connectivity index (χ0n) is 11.3. The molecule has 1 unspecified atom stereocenters. The number of carbonyl (C=O) groups is 1. The van der Waals surface area contributed by atoms with E-state index >= 15 is 0 Å². The first-order chi connectivity index (χ1) is 8.75. The lowest BCUT2D eigenvalue weighted by Crippen LogP contribution is -2.50. The molecule has 3 N–H and O–H groups in total. The van der Waals surface area contributed by atoms with Crippen LogP contribution in [0, 0.1) is 5.41 Å². The Morgan fingerprint density at radius 2 is 2.33 bits per heavy atom. The summed E-state index contributed by atoms with van der Waals surface area (Å²) in [5.41, 5.74) is -0.218. The van der Waals surface area contributed by atoms with Crippen LogP contribution in [0.25, 0.3) is 0 Å². The van der Waals surface area contributed by atoms with Crippen LogP contribution in [0.3, 0.4) is 0 Å². The predicted octanol–water partition coefficient (Wildman–Crippen LogP) is 0.281. The molecule has 1 rings (SSSR count). The van der Waals surface area contributed by atoms with Gasteiger partial charge >= 0.3 is 0 Å². The molecule has 1 aliphatic rings. The van der Waals surface area contributed by atoms with Gasteiger partial charge in [-0.2, -0.15) is 0 Å². The van der Waals surface area contributed by atoms with Gasteiger partial charge < -0.3 is 20.5 Å². The lowest BCUT2D eigenvalue weighted by Gasteiger charge is -2.35. The number of nitrogens with one attached hydrogen (secondary N) is 2. The maximum absolute atomic E-state index is 12.2. The lowest BCUT2D eigenvalue weighted by atomic mass is 9.77. The van der Waals surface area contributed by atoms with E-state index in [9.17, 15) is 4.79 Å². The Hall–Kier alpha value is -0.650. The molecule has 1 heterocycles. The molecule has 1 saturated heterocycles. The first-order valence-electron chi connectivity index (χ1n) is 6.93. The molecule has 1 aliphatic heterocycles. The minimum Gasteiger partial charge on any atom is -0.394 e. The highest BCUT2D eigenvalue weighted by atomic mass is 16.5. The zero-order chi connectivity index (χ0) is 13.3. The molecule has 0 aromatic carbocycles. The molecule has 5 nitrogen and oxygen atoms in total. The summed E-state index contributed by atoms with van der Waals surface area (Å²) in [6, 6.07) is 0. The van der Waals surface area contributed by atoms with Crippen molar-refractivity contribution in [1.82, 2.24) is 10.6 Å². The summed E-state index contributed by atoms with van der Waals surface area (Å²) in [5.74, 6) is 0.166. The first kappa shape index (κ1) is 15.4. The van der Waals surface area contributed by atoms with Gasteiger partial charge in [0.2, 0.25) is 5.91 Å². The number of aliphatic hydroxyl groups is 1. The molecular formula is C13H26N2O3. The minimum absolute atomic E-state index is 0.0526. The van der Waals surface area contributed by atoms with Crippen molar-refractivity contribution in [1.29, 1.82) is 0 Å². The fraction of sp³-hybridized carbons (Fsp3) is 0.923. The van der Waals surface area contributed by atoms with Crippen LogP contribution < -0.4 is 10.6 Å². The third-order valence-corrected chi connectivity index (χ3v) is 3.62. The van der Waals surface area contributed by atoms with Crippen LogP contribution in [0.1, 0.15) is 32.6 Å². The van der Waals surface area contributed by atoms with E-state index in [1.807, 2.05) is 0 Å². The average molecular weight is 258 g/mol. The molecule has 1 fully saturated rings. The van der Waals surface area contributed by atoms with Crippen molar-refractivity contribution in [3.8, 4) is 0 Å². The molecule has 0 saturated carbocycles. The van der Waals surface area contributed by atoms with Crippen LogP contribution in [-0.2, 0) is 9.53 Å². The zero-order valence-corrected chi connectivity index (χ0v) is 11.3. The topological polar surface area (TPSA) is 70.6 Å². The smallest absolute Gasteiger partial charge is 0.227 e. The third-order valence-electron chi connectivity index (χ3n) is 3.62. The van der Waals surface area contributed by atoms with Gasteiger partial charge in [0, 0.05) is 19.7 Å². The van der Waals surface area contributed by atoms with E-state index in [2.05, 4.69) is 17.6 Å². The summed E-state index contributed by atoms with van der Waals surface area (Å²) in [6.45, 7) is 5.54. The molecule has 5 heteroatoms. The quantitative estimate of drug-likeness (QED) is 0.547. The number of hydrogen-bond acceptors (Lipinski definition) is 4. The van der Waals surface area contributed by atoms with E-state index in [0.717, 1.165) is 38.8 Å². The Morgan fingerprint density at radius 3 is 2.94 bits per heavy atom. The Balaban J connectivity index is 2.21. The molecule has 0 aliphatic carbocycles. The SMILES string of the molecule is CCC1(C(=O)NCCCOCCO)CCCNC1. The van der Waals surface area contributed by atoms with Crippen molar-refractivity contribution in [3.05, 3.63) is 0 Å². The van der Waals surface area contributed by atoms with Gasteiger partial charge in [-0.15, -0.1) is 0 Å². The summed E-state index contributed by atoms with van der Waals surface area (Å²) in [4.78, 5) is 12.2. The number of carbonyl (C=O) groups excluding carboxylic acids is 1. The fourth-order valence-corrected chi connectivity index (χ4v) is 2.35. The van der Waals surface area contributed by atoms with Crippen molar-refractivity contribution in [3.63, 3.8) is 0 Å². The van der Waals surface area contributed by atoms with Gasteiger partial charge in [0.25, 0.3) is 0 Å². The van der Waals surface area contributed by atoms with Crippen molar-refractivity contribution in [2.75, 3.05) is 39.5 Å². The molecular weight excluding hydrogens is 232 g/mol. The van der Waals surface area contributed by atoms with E-state index in [-0.39, 0.29) is 17.9 Å². The summed E-state index contributed by atoms with van der Waals surface area (Å²) in [7, 11) is 0. The average Bonchev–Trinajstić information content (AvgIpc) is 2.43. The second-order valence-corrected chi connectivity index (χ2v) is 4.86. The number of ether oxygens (including phenoxy) is 1. The molecule has 0 spiro atoms. The monoisotopic (exact) mass is 258 g/mol. The normalized spacial score (nSPS) is 23.9. The molecule has 1 atom stereocenters. The lowest BCUT2D eigenvalue weighted by molar-refractivity contribution is -0.132. The maximum Gasteiger partial charge on any atom is 0.227 e. The third kappa shape index (κ3) is 4.55. The van der Waals surface area contributed by atoms with Gasteiger partial charge in [0.05, 0.1) is 18.6 Å². The second-order valence-electron chi connectivity index (χ2n) is 4.86. The van der Waals surface area contributed by atoms with E-state index in [1.54, 1.807) is 0 Å². The van der Waals surface area contributed by atoms with Crippen LogP contribution in [-0.4, -0.2) is 50.5 Å². The van der Waals surface area contributed by atoms with Crippen molar-refractivity contribution < 1.29 is 14.6 Å². The highest BCUT2D eigenvalue weighted by Gasteiger charge is 2.37. The minimum atomic E-state index is -0.218. The molecule has 106 valence electrons. The number of amides is 1. The van der Waals surface area contributed by atoms with E-state index < -0.39 is 0 Å². The molecule has 0 radical (unpaired) electrons. The van der Waals surface area contributed by atoms with Crippen molar-refractivity contribution in [2.24, 2.45) is 5.41 Å². The molecule has 0 bridgehead atoms. The molecule has 0 aromatic heterocycles. The van der Waals surface area contributed by atoms with Crippen LogP contribution in [0.4, 0.5) is 0 Å². The highest BCUT2D eigenvalue weighted by Crippen LogP contribution is 2.30. The van der Waals surface area contributed by atoms with Crippen LogP contribution in [0.2, 0.25) is 0 Å². The molecule has 18 heavy (non-hydrogen) atoms. The Bertz CT molecular complexity index is 240. The standard InChI is InChI=1S/C13H26N2O3/c1-2-13(5-3-6-14-11-13)12(17)15-7-4-9-18-10-8-16/h14,16H,2-11H2,1H3,(H,15,17). The van der Waals surface area contributed by atoms with Gasteiger partial charge in [-0.1, -0.05) is 6.92 Å². The van der Waals surface area contributed by atoms with Gasteiger partial charge in [-0.25, -0.2) is 0 Å². The maximum atomic E-state index is 12.2. The van der Waals surface area contributed by atoms with Crippen LogP contribution in [0.5, 0.6) is 0 Å². The van der Waals surface area contributed by atoms with Gasteiger partial charge in [-0.3, -0.25) is 4.79 Å². The summed E-state index contributed by atoms with van der Waals surface area (Å²) in [6.07, 6.45) is 3.72. The second kappa shape index (κ2) is 8.45. The number of aliphatic hydroxyl groups excluding tert-OH is 1. The summed E-state index contributed by atoms with van der Waals surface area (Å²) < 4.78 is 5.15. The van der Waals surface area contributed by atoms with E-state index in [4.69, 9.17) is 9.84 Å². The molecule has 1 amide bonds. The largest absolute Gasteiger partial charge is 0.394 e. The molecule has 0 aromatic rings. The van der Waals surface area contributed by atoms with Crippen molar-refractivity contribution in [2.45, 2.75) is 32.6 Å². The predicted molar refractivity (Wildman–Crippen MR) is 70.4 cm³/mol. The van der Waals surface area contributed by atoms with Crippen LogP contribution in [0.15, 0.2) is 0 Å². The van der Waals surface area contributed by atoms with Crippen LogP contribution >= 0.6 is 0 Å².